The Kier molecular flexibility index (Phi) is 4.62. The van der Waals surface area contributed by atoms with E-state index in [2.05, 4.69) is 16.0 Å². The lowest BCUT2D eigenvalue weighted by atomic mass is 9.95. The molecule has 4 nitrogen and oxygen atoms in total. The molecule has 5 heteroatoms. The molecule has 0 bridgehead atoms. The van der Waals surface area contributed by atoms with Crippen LogP contribution in [-0.2, 0) is 0 Å². The van der Waals surface area contributed by atoms with Crippen molar-refractivity contribution in [1.29, 1.82) is 5.26 Å². The maximum absolute atomic E-state index is 8.98. The molecule has 1 unspecified atom stereocenters. The maximum atomic E-state index is 8.98. The Morgan fingerprint density at radius 3 is 3.11 bits per heavy atom. The van der Waals surface area contributed by atoms with Gasteiger partial charge in [-0.1, -0.05) is 11.6 Å². The van der Waals surface area contributed by atoms with E-state index < -0.39 is 0 Å². The van der Waals surface area contributed by atoms with Crippen LogP contribution in [-0.4, -0.2) is 24.6 Å². The van der Waals surface area contributed by atoms with Crippen LogP contribution in [0, 0.1) is 24.2 Å². The Balaban J connectivity index is 2.22. The van der Waals surface area contributed by atoms with Gasteiger partial charge in [-0.05, 0) is 44.7 Å². The molecule has 0 amide bonds. The smallest absolute Gasteiger partial charge is 0.147 e. The summed E-state index contributed by atoms with van der Waals surface area (Å²) >= 11 is 6.26. The van der Waals surface area contributed by atoms with E-state index >= 15 is 0 Å². The summed E-state index contributed by atoms with van der Waals surface area (Å²) in [5, 5.41) is 9.55. The first-order valence-electron chi connectivity index (χ1n) is 6.68. The summed E-state index contributed by atoms with van der Waals surface area (Å²) in [5.74, 6) is 1.42. The number of pyridine rings is 1. The van der Waals surface area contributed by atoms with Gasteiger partial charge in [0.15, 0.2) is 0 Å². The van der Waals surface area contributed by atoms with Crippen molar-refractivity contribution in [2.75, 3.05) is 24.5 Å². The second-order valence-electron chi connectivity index (χ2n) is 5.07. The molecule has 19 heavy (non-hydrogen) atoms. The molecule has 0 radical (unpaired) electrons. The van der Waals surface area contributed by atoms with Gasteiger partial charge in [0.1, 0.15) is 11.9 Å². The van der Waals surface area contributed by atoms with Crippen LogP contribution in [0.15, 0.2) is 6.07 Å². The van der Waals surface area contributed by atoms with Crippen molar-refractivity contribution in [2.24, 2.45) is 11.7 Å². The van der Waals surface area contributed by atoms with Crippen molar-refractivity contribution in [3.8, 4) is 6.07 Å². The van der Waals surface area contributed by atoms with Crippen LogP contribution in [0.2, 0.25) is 5.02 Å². The van der Waals surface area contributed by atoms with Gasteiger partial charge in [0.05, 0.1) is 16.3 Å². The van der Waals surface area contributed by atoms with Crippen molar-refractivity contribution in [3.63, 3.8) is 0 Å². The fourth-order valence-electron chi connectivity index (χ4n) is 2.63. The molecule has 0 spiro atoms. The monoisotopic (exact) mass is 278 g/mol. The molecular formula is C14H19ClN4. The summed E-state index contributed by atoms with van der Waals surface area (Å²) in [6.45, 7) is 4.50. The van der Waals surface area contributed by atoms with Gasteiger partial charge in [-0.25, -0.2) is 4.98 Å². The summed E-state index contributed by atoms with van der Waals surface area (Å²) in [7, 11) is 0. The molecule has 0 saturated carbocycles. The van der Waals surface area contributed by atoms with Crippen LogP contribution in [0.25, 0.3) is 0 Å². The number of nitrogens with two attached hydrogens (primary N) is 1. The molecule has 0 aromatic carbocycles. The third kappa shape index (κ3) is 3.17. The Morgan fingerprint density at radius 1 is 1.63 bits per heavy atom. The van der Waals surface area contributed by atoms with Gasteiger partial charge in [-0.3, -0.25) is 0 Å². The second-order valence-corrected chi connectivity index (χ2v) is 5.48. The van der Waals surface area contributed by atoms with Crippen LogP contribution < -0.4 is 10.6 Å². The van der Waals surface area contributed by atoms with Crippen LogP contribution in [0.4, 0.5) is 5.82 Å². The summed E-state index contributed by atoms with van der Waals surface area (Å²) in [5.41, 5.74) is 6.92. The lowest BCUT2D eigenvalue weighted by Crippen LogP contribution is -2.37. The van der Waals surface area contributed by atoms with Crippen molar-refractivity contribution in [2.45, 2.75) is 26.2 Å². The molecule has 1 fully saturated rings. The lowest BCUT2D eigenvalue weighted by molar-refractivity contribution is 0.394. The standard InChI is InChI=1S/C14H19ClN4/c1-10-12(8-17)7-13(15)14(18-10)19-6-2-3-11(9-19)4-5-16/h7,11H,2-6,9,16H2,1H3. The predicted octanol–water partition coefficient (Wildman–Crippen LogP) is 2.48. The summed E-state index contributed by atoms with van der Waals surface area (Å²) in [6, 6.07) is 3.83. The Morgan fingerprint density at radius 2 is 2.42 bits per heavy atom. The quantitative estimate of drug-likeness (QED) is 0.922. The van der Waals surface area contributed by atoms with Crippen molar-refractivity contribution >= 4 is 17.4 Å². The maximum Gasteiger partial charge on any atom is 0.147 e. The van der Waals surface area contributed by atoms with Crippen molar-refractivity contribution < 1.29 is 0 Å². The summed E-state index contributed by atoms with van der Waals surface area (Å²) in [4.78, 5) is 6.72. The first-order chi connectivity index (χ1) is 9.15. The molecule has 1 saturated heterocycles. The molecule has 1 aliphatic rings. The number of halogens is 1. The average Bonchev–Trinajstić information content (AvgIpc) is 2.41. The number of hydrogen-bond donors (Lipinski definition) is 1. The molecule has 0 aliphatic carbocycles. The second kappa shape index (κ2) is 6.23. The molecule has 2 N–H and O–H groups in total. The minimum Gasteiger partial charge on any atom is -0.355 e. The van der Waals surface area contributed by atoms with E-state index in [1.54, 1.807) is 6.07 Å². The average molecular weight is 279 g/mol. The van der Waals surface area contributed by atoms with Crippen LogP contribution in [0.1, 0.15) is 30.5 Å². The highest BCUT2D eigenvalue weighted by atomic mass is 35.5. The van der Waals surface area contributed by atoms with Crippen LogP contribution in [0.5, 0.6) is 0 Å². The Labute approximate surface area is 119 Å². The minimum atomic E-state index is 0.546. The van der Waals surface area contributed by atoms with E-state index in [0.29, 0.717) is 16.5 Å². The highest BCUT2D eigenvalue weighted by Crippen LogP contribution is 2.30. The first-order valence-corrected chi connectivity index (χ1v) is 7.05. The number of piperidine rings is 1. The van der Waals surface area contributed by atoms with E-state index in [9.17, 15) is 0 Å². The molecule has 1 atom stereocenters. The van der Waals surface area contributed by atoms with Crippen LogP contribution >= 0.6 is 11.6 Å². The summed E-state index contributed by atoms with van der Waals surface area (Å²) in [6.07, 6.45) is 3.41. The molecule has 102 valence electrons. The van der Waals surface area contributed by atoms with Crippen LogP contribution in [0.3, 0.4) is 0 Å². The number of rotatable bonds is 3. The SMILES string of the molecule is Cc1nc(N2CCCC(CCN)C2)c(Cl)cc1C#N. The third-order valence-electron chi connectivity index (χ3n) is 3.66. The predicted molar refractivity (Wildman–Crippen MR) is 77.3 cm³/mol. The van der Waals surface area contributed by atoms with E-state index in [0.717, 1.165) is 44.0 Å². The van der Waals surface area contributed by atoms with E-state index in [-0.39, 0.29) is 0 Å². The zero-order valence-electron chi connectivity index (χ0n) is 11.2. The largest absolute Gasteiger partial charge is 0.355 e. The number of anilines is 1. The van der Waals surface area contributed by atoms with Gasteiger partial charge in [0.2, 0.25) is 0 Å². The number of hydrogen-bond acceptors (Lipinski definition) is 4. The number of nitrogens with zero attached hydrogens (tertiary/aromatic N) is 3. The molecule has 2 rings (SSSR count). The zero-order chi connectivity index (χ0) is 13.8. The van der Waals surface area contributed by atoms with Crippen molar-refractivity contribution in [1.82, 2.24) is 4.98 Å². The highest BCUT2D eigenvalue weighted by Gasteiger charge is 2.22. The zero-order valence-corrected chi connectivity index (χ0v) is 12.0. The molecule has 2 heterocycles. The van der Waals surface area contributed by atoms with Gasteiger partial charge in [-0.2, -0.15) is 5.26 Å². The van der Waals surface area contributed by atoms with Gasteiger partial charge in [-0.15, -0.1) is 0 Å². The lowest BCUT2D eigenvalue weighted by Gasteiger charge is -2.34. The number of aryl methyl sites for hydroxylation is 1. The topological polar surface area (TPSA) is 65.9 Å². The number of nitriles is 1. The molecule has 1 aromatic heterocycles. The third-order valence-corrected chi connectivity index (χ3v) is 3.94. The minimum absolute atomic E-state index is 0.546. The van der Waals surface area contributed by atoms with E-state index in [4.69, 9.17) is 22.6 Å². The fourth-order valence-corrected chi connectivity index (χ4v) is 2.90. The number of aromatic nitrogens is 1. The summed E-state index contributed by atoms with van der Waals surface area (Å²) < 4.78 is 0. The Bertz CT molecular complexity index is 493. The van der Waals surface area contributed by atoms with Gasteiger partial charge in [0, 0.05) is 13.1 Å². The Hall–Kier alpha value is -1.31. The highest BCUT2D eigenvalue weighted by molar-refractivity contribution is 6.33. The molecular weight excluding hydrogens is 260 g/mol. The first kappa shape index (κ1) is 14.1. The fraction of sp³-hybridized carbons (Fsp3) is 0.571. The molecule has 1 aromatic rings. The van der Waals surface area contributed by atoms with Crippen molar-refractivity contribution in [3.05, 3.63) is 22.3 Å². The molecule has 1 aliphatic heterocycles. The normalized spacial score (nSPS) is 19.3. The van der Waals surface area contributed by atoms with Gasteiger partial charge >= 0.3 is 0 Å². The van der Waals surface area contributed by atoms with E-state index in [1.165, 1.54) is 6.42 Å². The van der Waals surface area contributed by atoms with Gasteiger partial charge < -0.3 is 10.6 Å². The van der Waals surface area contributed by atoms with E-state index in [1.807, 2.05) is 6.92 Å². The van der Waals surface area contributed by atoms with Gasteiger partial charge in [0.25, 0.3) is 0 Å².